The molecule has 6 nitrogen and oxygen atoms in total. The second-order valence-electron chi connectivity index (χ2n) is 7.86. The van der Waals surface area contributed by atoms with Crippen LogP contribution >= 0.6 is 11.3 Å². The number of carbonyl (C=O) groups excluding carboxylic acids is 1. The number of para-hydroxylation sites is 2. The number of thiazole rings is 1. The molecule has 0 spiro atoms. The Morgan fingerprint density at radius 3 is 2.77 bits per heavy atom. The van der Waals surface area contributed by atoms with Crippen molar-refractivity contribution < 1.29 is 19.0 Å². The summed E-state index contributed by atoms with van der Waals surface area (Å²) >= 11 is 1.52. The van der Waals surface area contributed by atoms with E-state index < -0.39 is 12.2 Å². The van der Waals surface area contributed by atoms with Crippen LogP contribution in [0.15, 0.2) is 42.5 Å². The van der Waals surface area contributed by atoms with E-state index in [4.69, 9.17) is 19.2 Å². The van der Waals surface area contributed by atoms with Crippen molar-refractivity contribution >= 4 is 32.6 Å². The van der Waals surface area contributed by atoms with Gasteiger partial charge in [-0.3, -0.25) is 9.69 Å². The number of aryl methyl sites for hydroxylation is 1. The van der Waals surface area contributed by atoms with Crippen LogP contribution in [0, 0.1) is 6.92 Å². The highest BCUT2D eigenvalue weighted by Crippen LogP contribution is 2.36. The van der Waals surface area contributed by atoms with Gasteiger partial charge in [-0.1, -0.05) is 29.5 Å². The van der Waals surface area contributed by atoms with Crippen LogP contribution in [-0.4, -0.2) is 42.4 Å². The maximum absolute atomic E-state index is 13.7. The second kappa shape index (κ2) is 7.89. The molecule has 1 amide bonds. The number of nitrogens with zero attached hydrogens (tertiary/aromatic N) is 2. The van der Waals surface area contributed by atoms with E-state index in [0.29, 0.717) is 23.2 Å². The fourth-order valence-electron chi connectivity index (χ4n) is 3.93. The van der Waals surface area contributed by atoms with Gasteiger partial charge in [-0.05, 0) is 56.5 Å². The molecule has 156 valence electrons. The highest BCUT2D eigenvalue weighted by Gasteiger charge is 2.39. The molecule has 2 aliphatic rings. The predicted molar refractivity (Wildman–Crippen MR) is 117 cm³/mol. The van der Waals surface area contributed by atoms with E-state index in [1.165, 1.54) is 16.9 Å². The Morgan fingerprint density at radius 1 is 1.20 bits per heavy atom. The number of hydrogen-bond acceptors (Lipinski definition) is 6. The molecule has 0 saturated carbocycles. The number of aromatic nitrogens is 1. The van der Waals surface area contributed by atoms with E-state index in [2.05, 4.69) is 13.0 Å². The number of benzene rings is 2. The Hall–Kier alpha value is -2.64. The molecule has 0 radical (unpaired) electrons. The lowest BCUT2D eigenvalue weighted by atomic mass is 10.1. The molecule has 2 aliphatic heterocycles. The van der Waals surface area contributed by atoms with Crippen LogP contribution in [-0.2, 0) is 9.53 Å². The SMILES string of the molecule is Cc1ccc2nc(N(CC3CCCO3)C(=O)C3Oc4ccccc4OC3C)sc2c1. The first kappa shape index (κ1) is 19.3. The first-order valence-corrected chi connectivity index (χ1v) is 11.1. The van der Waals surface area contributed by atoms with Gasteiger partial charge in [0, 0.05) is 6.61 Å². The molecular formula is C23H24N2O4S. The summed E-state index contributed by atoms with van der Waals surface area (Å²) in [6.45, 7) is 5.12. The molecule has 0 bridgehead atoms. The molecule has 1 fully saturated rings. The van der Waals surface area contributed by atoms with Gasteiger partial charge >= 0.3 is 0 Å². The Balaban J connectivity index is 1.48. The maximum Gasteiger partial charge on any atom is 0.273 e. The molecule has 0 aliphatic carbocycles. The standard InChI is InChI=1S/C23H24N2O4S/c1-14-9-10-17-20(12-14)30-23(24-17)25(13-16-6-5-11-27-16)22(26)21-15(2)28-18-7-3-4-8-19(18)29-21/h3-4,7-10,12,15-16,21H,5-6,11,13H2,1-2H3. The van der Waals surface area contributed by atoms with E-state index in [9.17, 15) is 4.79 Å². The highest BCUT2D eigenvalue weighted by atomic mass is 32.1. The summed E-state index contributed by atoms with van der Waals surface area (Å²) < 4.78 is 19.0. The van der Waals surface area contributed by atoms with Crippen molar-refractivity contribution in [3.63, 3.8) is 0 Å². The van der Waals surface area contributed by atoms with Gasteiger partial charge in [-0.2, -0.15) is 0 Å². The van der Waals surface area contributed by atoms with Crippen LogP contribution in [0.3, 0.4) is 0 Å². The molecule has 7 heteroatoms. The van der Waals surface area contributed by atoms with Gasteiger partial charge in [0.15, 0.2) is 16.6 Å². The third-order valence-corrected chi connectivity index (χ3v) is 6.57. The zero-order chi connectivity index (χ0) is 20.7. The lowest BCUT2D eigenvalue weighted by Crippen LogP contribution is -2.52. The van der Waals surface area contributed by atoms with Crippen LogP contribution in [0.5, 0.6) is 11.5 Å². The second-order valence-corrected chi connectivity index (χ2v) is 8.87. The van der Waals surface area contributed by atoms with E-state index in [1.807, 2.05) is 43.3 Å². The Labute approximate surface area is 179 Å². The fourth-order valence-corrected chi connectivity index (χ4v) is 5.01. The largest absolute Gasteiger partial charge is 0.482 e. The first-order chi connectivity index (χ1) is 14.6. The fraction of sp³-hybridized carbons (Fsp3) is 0.391. The van der Waals surface area contributed by atoms with Crippen LogP contribution in [0.1, 0.15) is 25.3 Å². The maximum atomic E-state index is 13.7. The minimum atomic E-state index is -0.741. The van der Waals surface area contributed by atoms with Crippen LogP contribution in [0.2, 0.25) is 0 Å². The van der Waals surface area contributed by atoms with Crippen LogP contribution in [0.4, 0.5) is 5.13 Å². The normalized spacial score (nSPS) is 22.9. The quantitative estimate of drug-likeness (QED) is 0.623. The van der Waals surface area contributed by atoms with Crippen molar-refractivity contribution in [1.82, 2.24) is 4.98 Å². The number of amides is 1. The van der Waals surface area contributed by atoms with Crippen molar-refractivity contribution in [2.24, 2.45) is 0 Å². The molecular weight excluding hydrogens is 400 g/mol. The zero-order valence-corrected chi connectivity index (χ0v) is 17.9. The number of hydrogen-bond donors (Lipinski definition) is 0. The van der Waals surface area contributed by atoms with Crippen molar-refractivity contribution in [1.29, 1.82) is 0 Å². The van der Waals surface area contributed by atoms with Gasteiger partial charge in [0.2, 0.25) is 6.10 Å². The predicted octanol–water partition coefficient (Wildman–Crippen LogP) is 4.35. The molecule has 2 aromatic carbocycles. The minimum Gasteiger partial charge on any atom is -0.482 e. The summed E-state index contributed by atoms with van der Waals surface area (Å²) in [6.07, 6.45) is 0.813. The molecule has 3 unspecified atom stereocenters. The molecule has 1 aromatic heterocycles. The summed E-state index contributed by atoms with van der Waals surface area (Å²) in [5, 5.41) is 0.672. The van der Waals surface area contributed by atoms with Crippen molar-refractivity contribution in [2.45, 2.75) is 45.0 Å². The summed E-state index contributed by atoms with van der Waals surface area (Å²) in [6, 6.07) is 13.6. The molecule has 3 atom stereocenters. The highest BCUT2D eigenvalue weighted by molar-refractivity contribution is 7.22. The number of anilines is 1. The van der Waals surface area contributed by atoms with Gasteiger partial charge in [0.1, 0.15) is 6.10 Å². The van der Waals surface area contributed by atoms with Crippen molar-refractivity contribution in [3.8, 4) is 11.5 Å². The number of rotatable bonds is 4. The third kappa shape index (κ3) is 3.63. The minimum absolute atomic E-state index is 0.00907. The Morgan fingerprint density at radius 2 is 2.00 bits per heavy atom. The molecule has 5 rings (SSSR count). The lowest BCUT2D eigenvalue weighted by Gasteiger charge is -2.34. The average Bonchev–Trinajstić information content (AvgIpc) is 3.40. The molecule has 30 heavy (non-hydrogen) atoms. The smallest absolute Gasteiger partial charge is 0.273 e. The molecule has 3 aromatic rings. The van der Waals surface area contributed by atoms with Crippen molar-refractivity contribution in [2.75, 3.05) is 18.1 Å². The average molecular weight is 425 g/mol. The number of carbonyl (C=O) groups is 1. The van der Waals surface area contributed by atoms with E-state index in [-0.39, 0.29) is 12.0 Å². The third-order valence-electron chi connectivity index (χ3n) is 5.53. The molecule has 1 saturated heterocycles. The summed E-state index contributed by atoms with van der Waals surface area (Å²) in [5.41, 5.74) is 2.06. The van der Waals surface area contributed by atoms with E-state index in [1.54, 1.807) is 4.90 Å². The van der Waals surface area contributed by atoms with Gasteiger partial charge < -0.3 is 14.2 Å². The molecule has 0 N–H and O–H groups in total. The van der Waals surface area contributed by atoms with Gasteiger partial charge in [0.05, 0.1) is 22.9 Å². The zero-order valence-electron chi connectivity index (χ0n) is 17.0. The summed E-state index contributed by atoms with van der Waals surface area (Å²) in [7, 11) is 0. The number of ether oxygens (including phenoxy) is 3. The Kier molecular flexibility index (Phi) is 5.08. The Bertz CT molecular complexity index is 1080. The first-order valence-electron chi connectivity index (χ1n) is 10.3. The lowest BCUT2D eigenvalue weighted by molar-refractivity contribution is -0.131. The van der Waals surface area contributed by atoms with E-state index in [0.717, 1.165) is 29.7 Å². The van der Waals surface area contributed by atoms with Gasteiger partial charge in [0.25, 0.3) is 5.91 Å². The summed E-state index contributed by atoms with van der Waals surface area (Å²) in [5.74, 6) is 1.10. The van der Waals surface area contributed by atoms with Crippen molar-refractivity contribution in [3.05, 3.63) is 48.0 Å². The summed E-state index contributed by atoms with van der Waals surface area (Å²) in [4.78, 5) is 20.2. The van der Waals surface area contributed by atoms with E-state index >= 15 is 0 Å². The van der Waals surface area contributed by atoms with Gasteiger partial charge in [-0.15, -0.1) is 0 Å². The topological polar surface area (TPSA) is 60.9 Å². The number of fused-ring (bicyclic) bond motifs is 2. The van der Waals surface area contributed by atoms with Gasteiger partial charge in [-0.25, -0.2) is 4.98 Å². The van der Waals surface area contributed by atoms with Crippen LogP contribution < -0.4 is 14.4 Å². The van der Waals surface area contributed by atoms with Crippen LogP contribution in [0.25, 0.3) is 10.2 Å². The molecule has 3 heterocycles. The monoisotopic (exact) mass is 424 g/mol.